The van der Waals surface area contributed by atoms with Gasteiger partial charge in [-0.3, -0.25) is 19.6 Å². The zero-order valence-corrected chi connectivity index (χ0v) is 18.4. The molecule has 166 valence electrons. The molecule has 0 saturated heterocycles. The van der Waals surface area contributed by atoms with Gasteiger partial charge in [-0.05, 0) is 49.7 Å². The van der Waals surface area contributed by atoms with E-state index in [0.29, 0.717) is 11.3 Å². The van der Waals surface area contributed by atoms with Crippen molar-refractivity contribution >= 4 is 33.0 Å². The van der Waals surface area contributed by atoms with Crippen molar-refractivity contribution in [2.75, 3.05) is 17.1 Å². The number of amides is 1. The summed E-state index contributed by atoms with van der Waals surface area (Å²) >= 11 is 0. The van der Waals surface area contributed by atoms with Crippen LogP contribution in [0.25, 0.3) is 0 Å². The van der Waals surface area contributed by atoms with E-state index in [1.807, 2.05) is 6.92 Å². The van der Waals surface area contributed by atoms with Gasteiger partial charge in [-0.2, -0.15) is 0 Å². The number of carbonyl (C=O) groups excluding carboxylic acids is 1. The number of hydrogen-bond donors (Lipinski definition) is 2. The van der Waals surface area contributed by atoms with Gasteiger partial charge >= 0.3 is 0 Å². The molecule has 3 rings (SSSR count). The van der Waals surface area contributed by atoms with E-state index in [1.54, 1.807) is 31.2 Å². The van der Waals surface area contributed by atoms with Crippen LogP contribution in [-0.2, 0) is 10.0 Å². The number of nitrogens with one attached hydrogen (secondary N) is 2. The summed E-state index contributed by atoms with van der Waals surface area (Å²) in [5, 5.41) is 13.6. The average molecular weight is 455 g/mol. The summed E-state index contributed by atoms with van der Waals surface area (Å²) in [5.74, 6) is -0.416. The highest BCUT2D eigenvalue weighted by Gasteiger charge is 2.21. The Labute approximate surface area is 185 Å². The first-order valence-electron chi connectivity index (χ1n) is 9.44. The second-order valence-electron chi connectivity index (χ2n) is 7.05. The van der Waals surface area contributed by atoms with Crippen LogP contribution in [0.15, 0.2) is 65.6 Å². The molecule has 0 aliphatic heterocycles. The normalized spacial score (nSPS) is 11.0. The number of anilines is 2. The number of nitro groups is 1. The first-order chi connectivity index (χ1) is 15.1. The monoisotopic (exact) mass is 455 g/mol. The number of nitrogens with zero attached hydrogens (tertiary/aromatic N) is 1. The van der Waals surface area contributed by atoms with E-state index in [2.05, 4.69) is 10.0 Å². The highest BCUT2D eigenvalue weighted by atomic mass is 32.2. The number of hydrogen-bond acceptors (Lipinski definition) is 6. The second kappa shape index (κ2) is 9.06. The van der Waals surface area contributed by atoms with Crippen LogP contribution in [0, 0.1) is 24.0 Å². The van der Waals surface area contributed by atoms with Crippen LogP contribution in [-0.4, -0.2) is 26.4 Å². The van der Waals surface area contributed by atoms with Gasteiger partial charge < -0.3 is 10.1 Å². The fraction of sp³-hybridized carbons (Fsp3) is 0.136. The van der Waals surface area contributed by atoms with E-state index in [1.165, 1.54) is 43.5 Å². The Morgan fingerprint density at radius 3 is 2.31 bits per heavy atom. The topological polar surface area (TPSA) is 128 Å². The summed E-state index contributed by atoms with van der Waals surface area (Å²) in [6, 6.07) is 14.9. The molecule has 1 amide bonds. The number of sulfonamides is 1. The van der Waals surface area contributed by atoms with Gasteiger partial charge in [0, 0.05) is 23.4 Å². The minimum atomic E-state index is -3.96. The molecule has 0 bridgehead atoms. The summed E-state index contributed by atoms with van der Waals surface area (Å²) in [6.07, 6.45) is 0. The molecule has 3 aromatic carbocycles. The molecule has 0 aromatic heterocycles. The van der Waals surface area contributed by atoms with Crippen molar-refractivity contribution in [2.24, 2.45) is 0 Å². The van der Waals surface area contributed by atoms with Crippen molar-refractivity contribution in [3.63, 3.8) is 0 Å². The number of carbonyl (C=O) groups is 1. The van der Waals surface area contributed by atoms with Crippen LogP contribution in [0.3, 0.4) is 0 Å². The van der Waals surface area contributed by atoms with Crippen LogP contribution < -0.4 is 14.8 Å². The molecule has 0 fully saturated rings. The first-order valence-corrected chi connectivity index (χ1v) is 10.9. The van der Waals surface area contributed by atoms with Gasteiger partial charge in [-0.25, -0.2) is 8.42 Å². The predicted octanol–water partition coefficient (Wildman–Crippen LogP) is 4.27. The fourth-order valence-corrected chi connectivity index (χ4v) is 4.29. The Morgan fingerprint density at radius 2 is 1.69 bits per heavy atom. The molecule has 0 aliphatic rings. The zero-order valence-electron chi connectivity index (χ0n) is 17.6. The minimum absolute atomic E-state index is 0.0586. The largest absolute Gasteiger partial charge is 0.495 e. The number of aryl methyl sites for hydroxylation is 2. The molecule has 2 N–H and O–H groups in total. The van der Waals surface area contributed by atoms with Crippen LogP contribution in [0.1, 0.15) is 21.5 Å². The van der Waals surface area contributed by atoms with Crippen molar-refractivity contribution < 1.29 is 22.9 Å². The van der Waals surface area contributed by atoms with E-state index in [9.17, 15) is 23.3 Å². The molecule has 9 nitrogen and oxygen atoms in total. The van der Waals surface area contributed by atoms with Gasteiger partial charge in [0.2, 0.25) is 0 Å². The molecule has 3 aromatic rings. The van der Waals surface area contributed by atoms with Crippen LogP contribution in [0.5, 0.6) is 5.75 Å². The van der Waals surface area contributed by atoms with Gasteiger partial charge in [-0.1, -0.05) is 23.8 Å². The lowest BCUT2D eigenvalue weighted by molar-refractivity contribution is -0.384. The molecular formula is C22H21N3O6S. The Bertz CT molecular complexity index is 1290. The summed E-state index contributed by atoms with van der Waals surface area (Å²) in [7, 11) is -2.60. The zero-order chi connectivity index (χ0) is 23.5. The van der Waals surface area contributed by atoms with Gasteiger partial charge in [0.05, 0.1) is 22.6 Å². The van der Waals surface area contributed by atoms with Crippen molar-refractivity contribution in [3.8, 4) is 5.75 Å². The molecular weight excluding hydrogens is 434 g/mol. The van der Waals surface area contributed by atoms with Crippen molar-refractivity contribution in [3.05, 3.63) is 87.5 Å². The molecule has 0 saturated carbocycles. The van der Waals surface area contributed by atoms with E-state index >= 15 is 0 Å². The molecule has 0 radical (unpaired) electrons. The third-order valence-corrected chi connectivity index (χ3v) is 6.21. The lowest BCUT2D eigenvalue weighted by Gasteiger charge is -2.13. The molecule has 32 heavy (non-hydrogen) atoms. The van der Waals surface area contributed by atoms with Crippen molar-refractivity contribution in [1.82, 2.24) is 0 Å². The van der Waals surface area contributed by atoms with Gasteiger partial charge in [-0.15, -0.1) is 0 Å². The van der Waals surface area contributed by atoms with Crippen LogP contribution in [0.2, 0.25) is 0 Å². The predicted molar refractivity (Wildman–Crippen MR) is 121 cm³/mol. The maximum absolute atomic E-state index is 12.9. The number of benzene rings is 3. The number of ether oxygens (including phenoxy) is 1. The molecule has 0 unspecified atom stereocenters. The molecule has 10 heteroatoms. The Kier molecular flexibility index (Phi) is 6.45. The molecule has 0 heterocycles. The summed E-state index contributed by atoms with van der Waals surface area (Å²) in [4.78, 5) is 23.2. The lowest BCUT2D eigenvalue weighted by Crippen LogP contribution is -2.17. The number of rotatable bonds is 7. The van der Waals surface area contributed by atoms with Gasteiger partial charge in [0.1, 0.15) is 5.75 Å². The lowest BCUT2D eigenvalue weighted by atomic mass is 10.1. The quantitative estimate of drug-likeness (QED) is 0.404. The van der Waals surface area contributed by atoms with E-state index < -0.39 is 20.9 Å². The Hall–Kier alpha value is -3.92. The van der Waals surface area contributed by atoms with Crippen molar-refractivity contribution in [2.45, 2.75) is 18.7 Å². The summed E-state index contributed by atoms with van der Waals surface area (Å²) in [5.41, 5.74) is 1.76. The fourth-order valence-electron chi connectivity index (χ4n) is 2.96. The molecule has 0 aliphatic carbocycles. The molecule has 0 atom stereocenters. The van der Waals surface area contributed by atoms with E-state index in [4.69, 9.17) is 4.74 Å². The number of methoxy groups -OCH3 is 1. The SMILES string of the molecule is COc1ccc([N+](=O)[O-])cc1NC(=O)c1ccc(C)c(S(=O)(=O)Nc2ccc(C)cc2)c1. The third-order valence-electron chi connectivity index (χ3n) is 4.69. The van der Waals surface area contributed by atoms with Crippen molar-refractivity contribution in [1.29, 1.82) is 0 Å². The first kappa shape index (κ1) is 22.8. The van der Waals surface area contributed by atoms with E-state index in [-0.39, 0.29) is 27.6 Å². The Balaban J connectivity index is 1.91. The highest BCUT2D eigenvalue weighted by Crippen LogP contribution is 2.30. The minimum Gasteiger partial charge on any atom is -0.495 e. The van der Waals surface area contributed by atoms with Gasteiger partial charge in [0.25, 0.3) is 21.6 Å². The highest BCUT2D eigenvalue weighted by molar-refractivity contribution is 7.92. The maximum atomic E-state index is 12.9. The maximum Gasteiger partial charge on any atom is 0.271 e. The number of nitro benzene ring substituents is 1. The number of non-ortho nitro benzene ring substituents is 1. The van der Waals surface area contributed by atoms with Crippen LogP contribution in [0.4, 0.5) is 17.1 Å². The van der Waals surface area contributed by atoms with Gasteiger partial charge in [0.15, 0.2) is 0 Å². The standard InChI is InChI=1S/C22H21N3O6S/c1-14-4-8-17(9-5-14)24-32(29,30)21-12-16(7-6-15(21)2)22(26)23-19-13-18(25(27)28)10-11-20(19)31-3/h4-13,24H,1-3H3,(H,23,26). The second-order valence-corrected chi connectivity index (χ2v) is 8.70. The smallest absolute Gasteiger partial charge is 0.271 e. The molecule has 0 spiro atoms. The Morgan fingerprint density at radius 1 is 1.00 bits per heavy atom. The van der Waals surface area contributed by atoms with E-state index in [0.717, 1.165) is 5.56 Å². The third kappa shape index (κ3) is 5.03. The average Bonchev–Trinajstić information content (AvgIpc) is 2.75. The summed E-state index contributed by atoms with van der Waals surface area (Å²) < 4.78 is 33.5. The van der Waals surface area contributed by atoms with Crippen LogP contribution >= 0.6 is 0 Å². The summed E-state index contributed by atoms with van der Waals surface area (Å²) in [6.45, 7) is 3.51.